The number of rotatable bonds is 7. The summed E-state index contributed by atoms with van der Waals surface area (Å²) in [6, 6.07) is 5.84. The molecule has 0 radical (unpaired) electrons. The van der Waals surface area contributed by atoms with E-state index in [9.17, 15) is 5.11 Å². The molecule has 1 saturated heterocycles. The van der Waals surface area contributed by atoms with Crippen LogP contribution < -0.4 is 14.8 Å². The van der Waals surface area contributed by atoms with Crippen molar-refractivity contribution in [3.05, 3.63) is 23.8 Å². The number of aliphatic hydroxyl groups is 1. The molecule has 1 fully saturated rings. The Labute approximate surface area is 113 Å². The van der Waals surface area contributed by atoms with Crippen molar-refractivity contribution in [3.8, 4) is 11.5 Å². The molecule has 1 aromatic carbocycles. The Bertz CT molecular complexity index is 412. The van der Waals surface area contributed by atoms with Gasteiger partial charge >= 0.3 is 0 Å². The Hall–Kier alpha value is -1.30. The van der Waals surface area contributed by atoms with E-state index in [0.29, 0.717) is 13.2 Å². The summed E-state index contributed by atoms with van der Waals surface area (Å²) in [5, 5.41) is 12.7. The van der Waals surface area contributed by atoms with Crippen molar-refractivity contribution in [1.82, 2.24) is 5.32 Å². The van der Waals surface area contributed by atoms with Crippen molar-refractivity contribution in [2.75, 3.05) is 40.6 Å². The summed E-state index contributed by atoms with van der Waals surface area (Å²) in [5.74, 6) is 1.45. The largest absolute Gasteiger partial charge is 0.493 e. The number of hydrogen-bond acceptors (Lipinski definition) is 5. The van der Waals surface area contributed by atoms with Gasteiger partial charge in [-0.2, -0.15) is 0 Å². The summed E-state index contributed by atoms with van der Waals surface area (Å²) in [7, 11) is 3.25. The third kappa shape index (κ3) is 3.18. The smallest absolute Gasteiger partial charge is 0.161 e. The third-order valence-corrected chi connectivity index (χ3v) is 3.43. The van der Waals surface area contributed by atoms with E-state index < -0.39 is 0 Å². The number of methoxy groups -OCH3 is 2. The van der Waals surface area contributed by atoms with Gasteiger partial charge in [0, 0.05) is 13.1 Å². The summed E-state index contributed by atoms with van der Waals surface area (Å²) in [6.45, 7) is 2.89. The summed E-state index contributed by atoms with van der Waals surface area (Å²) >= 11 is 0. The topological polar surface area (TPSA) is 60.0 Å². The molecule has 19 heavy (non-hydrogen) atoms. The lowest BCUT2D eigenvalue weighted by molar-refractivity contribution is -0.134. The van der Waals surface area contributed by atoms with Gasteiger partial charge in [0.1, 0.15) is 0 Å². The van der Waals surface area contributed by atoms with Gasteiger partial charge in [-0.1, -0.05) is 6.07 Å². The first-order valence-electron chi connectivity index (χ1n) is 6.33. The number of nitrogens with one attached hydrogen (secondary N) is 1. The standard InChI is InChI=1S/C14H21NO4/c1-17-12-4-3-11(5-13(12)18-2)6-15-7-14(8-16)9-19-10-14/h3-5,15-16H,6-10H2,1-2H3. The number of aliphatic hydroxyl groups excluding tert-OH is 1. The van der Waals surface area contributed by atoms with E-state index in [-0.39, 0.29) is 12.0 Å². The van der Waals surface area contributed by atoms with Crippen molar-refractivity contribution in [1.29, 1.82) is 0 Å². The average molecular weight is 267 g/mol. The molecule has 2 rings (SSSR count). The fourth-order valence-corrected chi connectivity index (χ4v) is 2.10. The van der Waals surface area contributed by atoms with E-state index >= 15 is 0 Å². The van der Waals surface area contributed by atoms with E-state index in [1.54, 1.807) is 14.2 Å². The molecule has 0 aromatic heterocycles. The molecular formula is C14H21NO4. The van der Waals surface area contributed by atoms with Gasteiger partial charge in [-0.05, 0) is 17.7 Å². The number of benzene rings is 1. The number of ether oxygens (including phenoxy) is 3. The Balaban J connectivity index is 1.89. The quantitative estimate of drug-likeness (QED) is 0.765. The monoisotopic (exact) mass is 267 g/mol. The predicted octanol–water partition coefficient (Wildman–Crippen LogP) is 0.802. The molecule has 106 valence electrons. The van der Waals surface area contributed by atoms with Crippen LogP contribution in [-0.2, 0) is 11.3 Å². The van der Waals surface area contributed by atoms with Crippen LogP contribution in [0.4, 0.5) is 0 Å². The molecular weight excluding hydrogens is 246 g/mol. The SMILES string of the molecule is COc1ccc(CNCC2(CO)COC2)cc1OC. The third-order valence-electron chi connectivity index (χ3n) is 3.43. The van der Waals surface area contributed by atoms with Gasteiger partial charge in [-0.25, -0.2) is 0 Å². The van der Waals surface area contributed by atoms with Crippen LogP contribution in [0.1, 0.15) is 5.56 Å². The van der Waals surface area contributed by atoms with E-state index in [1.165, 1.54) is 0 Å². The molecule has 1 aliphatic heterocycles. The van der Waals surface area contributed by atoms with Gasteiger partial charge < -0.3 is 24.6 Å². The van der Waals surface area contributed by atoms with Gasteiger partial charge in [-0.3, -0.25) is 0 Å². The molecule has 0 amide bonds. The van der Waals surface area contributed by atoms with Crippen LogP contribution >= 0.6 is 0 Å². The van der Waals surface area contributed by atoms with Crippen molar-refractivity contribution in [2.24, 2.45) is 5.41 Å². The van der Waals surface area contributed by atoms with Crippen LogP contribution in [0.5, 0.6) is 11.5 Å². The minimum Gasteiger partial charge on any atom is -0.493 e. The lowest BCUT2D eigenvalue weighted by Crippen LogP contribution is -2.52. The molecule has 1 aliphatic rings. The van der Waals surface area contributed by atoms with Gasteiger partial charge in [0.25, 0.3) is 0 Å². The van der Waals surface area contributed by atoms with Crippen molar-refractivity contribution in [3.63, 3.8) is 0 Å². The van der Waals surface area contributed by atoms with Crippen molar-refractivity contribution < 1.29 is 19.3 Å². The zero-order valence-electron chi connectivity index (χ0n) is 11.4. The van der Waals surface area contributed by atoms with Crippen LogP contribution in [-0.4, -0.2) is 45.7 Å². The molecule has 0 unspecified atom stereocenters. The first-order valence-corrected chi connectivity index (χ1v) is 6.33. The molecule has 2 N–H and O–H groups in total. The summed E-state index contributed by atoms with van der Waals surface area (Å²) < 4.78 is 15.6. The van der Waals surface area contributed by atoms with Crippen LogP contribution in [0.15, 0.2) is 18.2 Å². The summed E-state index contributed by atoms with van der Waals surface area (Å²) in [6.07, 6.45) is 0. The fourth-order valence-electron chi connectivity index (χ4n) is 2.10. The second-order valence-corrected chi connectivity index (χ2v) is 4.94. The molecule has 5 nitrogen and oxygen atoms in total. The van der Waals surface area contributed by atoms with Gasteiger partial charge in [0.05, 0.1) is 39.5 Å². The molecule has 0 atom stereocenters. The van der Waals surface area contributed by atoms with Crippen LogP contribution in [0.3, 0.4) is 0 Å². The molecule has 5 heteroatoms. The second kappa shape index (κ2) is 6.23. The van der Waals surface area contributed by atoms with E-state index in [2.05, 4.69) is 5.32 Å². The molecule has 1 heterocycles. The lowest BCUT2D eigenvalue weighted by Gasteiger charge is -2.40. The van der Waals surface area contributed by atoms with Gasteiger partial charge in [0.15, 0.2) is 11.5 Å². The Morgan fingerprint density at radius 1 is 1.26 bits per heavy atom. The zero-order valence-corrected chi connectivity index (χ0v) is 11.4. The van der Waals surface area contributed by atoms with Crippen molar-refractivity contribution >= 4 is 0 Å². The fraction of sp³-hybridized carbons (Fsp3) is 0.571. The zero-order chi connectivity index (χ0) is 13.7. The first-order chi connectivity index (χ1) is 9.23. The van der Waals surface area contributed by atoms with Crippen LogP contribution in [0.2, 0.25) is 0 Å². The first kappa shape index (κ1) is 14.1. The normalized spacial score (nSPS) is 16.8. The van der Waals surface area contributed by atoms with Crippen LogP contribution in [0.25, 0.3) is 0 Å². The van der Waals surface area contributed by atoms with Gasteiger partial charge in [0.2, 0.25) is 0 Å². The number of hydrogen-bond donors (Lipinski definition) is 2. The van der Waals surface area contributed by atoms with E-state index in [0.717, 1.165) is 30.2 Å². The summed E-state index contributed by atoms with van der Waals surface area (Å²) in [4.78, 5) is 0. The summed E-state index contributed by atoms with van der Waals surface area (Å²) in [5.41, 5.74) is 1.02. The minimum absolute atomic E-state index is 0.101. The lowest BCUT2D eigenvalue weighted by atomic mass is 9.87. The Morgan fingerprint density at radius 2 is 2.00 bits per heavy atom. The van der Waals surface area contributed by atoms with Gasteiger partial charge in [-0.15, -0.1) is 0 Å². The highest BCUT2D eigenvalue weighted by Crippen LogP contribution is 2.28. The maximum atomic E-state index is 9.33. The maximum Gasteiger partial charge on any atom is 0.161 e. The highest BCUT2D eigenvalue weighted by molar-refractivity contribution is 5.42. The van der Waals surface area contributed by atoms with E-state index in [4.69, 9.17) is 14.2 Å². The molecule has 0 aliphatic carbocycles. The average Bonchev–Trinajstić information content (AvgIpc) is 2.41. The molecule has 0 spiro atoms. The Morgan fingerprint density at radius 3 is 2.53 bits per heavy atom. The highest BCUT2D eigenvalue weighted by atomic mass is 16.5. The minimum atomic E-state index is -0.101. The van der Waals surface area contributed by atoms with Crippen molar-refractivity contribution in [2.45, 2.75) is 6.54 Å². The molecule has 0 saturated carbocycles. The van der Waals surface area contributed by atoms with E-state index in [1.807, 2.05) is 18.2 Å². The highest BCUT2D eigenvalue weighted by Gasteiger charge is 2.37. The maximum absolute atomic E-state index is 9.33. The Kier molecular flexibility index (Phi) is 4.63. The molecule has 0 bridgehead atoms. The predicted molar refractivity (Wildman–Crippen MR) is 71.6 cm³/mol. The second-order valence-electron chi connectivity index (χ2n) is 4.94. The molecule has 1 aromatic rings. The van der Waals surface area contributed by atoms with Crippen LogP contribution in [0, 0.1) is 5.41 Å².